The molecule has 20 heavy (non-hydrogen) atoms. The van der Waals surface area contributed by atoms with Crippen molar-refractivity contribution in [2.24, 2.45) is 5.73 Å². The summed E-state index contributed by atoms with van der Waals surface area (Å²) in [6, 6.07) is 7.42. The number of phenolic OH excluding ortho intramolecular Hbond substituents is 1. The number of hydrogen-bond donors (Lipinski definition) is 3. The van der Waals surface area contributed by atoms with Crippen molar-refractivity contribution in [1.29, 1.82) is 5.41 Å². The van der Waals surface area contributed by atoms with E-state index in [1.54, 1.807) is 18.3 Å². The number of rotatable bonds is 5. The maximum atomic E-state index is 9.69. The summed E-state index contributed by atoms with van der Waals surface area (Å²) in [5, 5.41) is 19.0. The van der Waals surface area contributed by atoms with Crippen LogP contribution in [0.2, 0.25) is 0 Å². The molecule has 106 valence electrons. The van der Waals surface area contributed by atoms with Gasteiger partial charge in [0.25, 0.3) is 0 Å². The molecule has 0 unspecified atom stereocenters. The predicted molar refractivity (Wildman–Crippen MR) is 82.4 cm³/mol. The number of nitrogens with zero attached hydrogens (tertiary/aromatic N) is 2. The van der Waals surface area contributed by atoms with Crippen LogP contribution in [0.4, 0.5) is 5.82 Å². The quantitative estimate of drug-likeness (QED) is 0.576. The molecule has 0 aliphatic heterocycles. The van der Waals surface area contributed by atoms with Crippen LogP contribution in [0.25, 0.3) is 10.8 Å². The summed E-state index contributed by atoms with van der Waals surface area (Å²) < 4.78 is 0. The summed E-state index contributed by atoms with van der Waals surface area (Å²) in [5.74, 6) is 1.20. The van der Waals surface area contributed by atoms with Crippen molar-refractivity contribution in [3.63, 3.8) is 0 Å². The Labute approximate surface area is 118 Å². The number of aromatic nitrogens is 1. The van der Waals surface area contributed by atoms with Crippen molar-refractivity contribution in [3.05, 3.63) is 30.5 Å². The molecule has 4 N–H and O–H groups in total. The third-order valence-electron chi connectivity index (χ3n) is 3.25. The fourth-order valence-corrected chi connectivity index (χ4v) is 2.22. The van der Waals surface area contributed by atoms with Gasteiger partial charge in [-0.05, 0) is 37.4 Å². The number of nitrogens with two attached hydrogens (primary N) is 1. The van der Waals surface area contributed by atoms with Gasteiger partial charge in [-0.25, -0.2) is 4.98 Å². The van der Waals surface area contributed by atoms with Gasteiger partial charge < -0.3 is 15.7 Å². The zero-order valence-electron chi connectivity index (χ0n) is 11.8. The lowest BCUT2D eigenvalue weighted by atomic mass is 10.1. The molecule has 1 aromatic heterocycles. The highest BCUT2D eigenvalue weighted by Crippen LogP contribution is 2.28. The van der Waals surface area contributed by atoms with Crippen molar-refractivity contribution in [2.45, 2.75) is 26.3 Å². The first-order valence-electron chi connectivity index (χ1n) is 6.66. The third-order valence-corrected chi connectivity index (χ3v) is 3.25. The highest BCUT2D eigenvalue weighted by molar-refractivity contribution is 5.93. The molecule has 0 aliphatic carbocycles. The molecule has 0 fully saturated rings. The van der Waals surface area contributed by atoms with Crippen LogP contribution in [0.1, 0.15) is 20.3 Å². The minimum absolute atomic E-state index is 0.165. The number of benzene rings is 1. The molecule has 0 saturated carbocycles. The van der Waals surface area contributed by atoms with E-state index < -0.39 is 0 Å². The Morgan fingerprint density at radius 3 is 2.80 bits per heavy atom. The molecular weight excluding hydrogens is 252 g/mol. The van der Waals surface area contributed by atoms with E-state index in [0.717, 1.165) is 16.6 Å². The normalized spacial score (nSPS) is 10.9. The Morgan fingerprint density at radius 1 is 1.40 bits per heavy atom. The lowest BCUT2D eigenvalue weighted by Crippen LogP contribution is -2.34. The summed E-state index contributed by atoms with van der Waals surface area (Å²) in [5.41, 5.74) is 5.45. The van der Waals surface area contributed by atoms with Crippen LogP contribution in [0.15, 0.2) is 30.5 Å². The van der Waals surface area contributed by atoms with Crippen LogP contribution >= 0.6 is 0 Å². The summed E-state index contributed by atoms with van der Waals surface area (Å²) in [7, 11) is 0. The minimum Gasteiger partial charge on any atom is -0.508 e. The van der Waals surface area contributed by atoms with Crippen molar-refractivity contribution < 1.29 is 5.11 Å². The standard InChI is InChI=1S/C15H20N4O/c1-10(2)19(8-6-14(16)17)15-13-9-12(20)4-3-11(13)5-7-18-15/h3-5,7,9-10,20H,6,8H2,1-2H3,(H3,16,17). The van der Waals surface area contributed by atoms with Crippen molar-refractivity contribution in [3.8, 4) is 5.75 Å². The van der Waals surface area contributed by atoms with Gasteiger partial charge in [0, 0.05) is 30.6 Å². The van der Waals surface area contributed by atoms with Crippen molar-refractivity contribution in [1.82, 2.24) is 4.98 Å². The zero-order valence-corrected chi connectivity index (χ0v) is 11.8. The van der Waals surface area contributed by atoms with Gasteiger partial charge in [-0.3, -0.25) is 5.41 Å². The van der Waals surface area contributed by atoms with E-state index in [9.17, 15) is 5.11 Å². The van der Waals surface area contributed by atoms with Crippen LogP contribution in [-0.2, 0) is 0 Å². The van der Waals surface area contributed by atoms with E-state index in [2.05, 4.69) is 23.7 Å². The average Bonchev–Trinajstić information content (AvgIpc) is 2.38. The number of pyridine rings is 1. The SMILES string of the molecule is CC(C)N(CCC(=N)N)c1nccc2ccc(O)cc12. The third kappa shape index (κ3) is 2.99. The first-order valence-corrected chi connectivity index (χ1v) is 6.66. The molecule has 0 atom stereocenters. The number of anilines is 1. The molecule has 0 bridgehead atoms. The molecule has 1 aromatic carbocycles. The Kier molecular flexibility index (Phi) is 4.08. The zero-order chi connectivity index (χ0) is 14.7. The van der Waals surface area contributed by atoms with Gasteiger partial charge in [0.1, 0.15) is 11.6 Å². The first-order chi connectivity index (χ1) is 9.49. The van der Waals surface area contributed by atoms with Crippen LogP contribution in [-0.4, -0.2) is 28.5 Å². The number of nitrogens with one attached hydrogen (secondary N) is 1. The summed E-state index contributed by atoms with van der Waals surface area (Å²) >= 11 is 0. The Morgan fingerprint density at radius 2 is 2.15 bits per heavy atom. The molecule has 2 rings (SSSR count). The number of amidine groups is 1. The Bertz CT molecular complexity index is 624. The van der Waals surface area contributed by atoms with Crippen molar-refractivity contribution >= 4 is 22.4 Å². The predicted octanol–water partition coefficient (Wildman–Crippen LogP) is 2.48. The molecule has 0 aliphatic rings. The van der Waals surface area contributed by atoms with E-state index in [4.69, 9.17) is 11.1 Å². The van der Waals surface area contributed by atoms with E-state index in [1.165, 1.54) is 0 Å². The molecule has 0 radical (unpaired) electrons. The topological polar surface area (TPSA) is 86.2 Å². The second-order valence-corrected chi connectivity index (χ2v) is 5.10. The summed E-state index contributed by atoms with van der Waals surface area (Å²) in [4.78, 5) is 6.55. The van der Waals surface area contributed by atoms with Gasteiger partial charge in [0.05, 0.1) is 5.84 Å². The highest BCUT2D eigenvalue weighted by atomic mass is 16.3. The molecule has 5 nitrogen and oxygen atoms in total. The van der Waals surface area contributed by atoms with Crippen LogP contribution in [0.5, 0.6) is 5.75 Å². The van der Waals surface area contributed by atoms with Gasteiger partial charge >= 0.3 is 0 Å². The average molecular weight is 272 g/mol. The fourth-order valence-electron chi connectivity index (χ4n) is 2.22. The molecule has 2 aromatic rings. The van der Waals surface area contributed by atoms with Crippen molar-refractivity contribution in [2.75, 3.05) is 11.4 Å². The fraction of sp³-hybridized carbons (Fsp3) is 0.333. The first kappa shape index (κ1) is 14.1. The number of hydrogen-bond acceptors (Lipinski definition) is 4. The lowest BCUT2D eigenvalue weighted by molar-refractivity contribution is 0.476. The molecule has 1 heterocycles. The van der Waals surface area contributed by atoms with Gasteiger partial charge in [-0.2, -0.15) is 0 Å². The molecule has 0 spiro atoms. The summed E-state index contributed by atoms with van der Waals surface area (Å²) in [6.45, 7) is 4.78. The molecular formula is C15H20N4O. The Balaban J connectivity index is 2.47. The molecule has 0 saturated heterocycles. The second kappa shape index (κ2) is 5.77. The van der Waals surface area contributed by atoms with Crippen LogP contribution in [0.3, 0.4) is 0 Å². The summed E-state index contributed by atoms with van der Waals surface area (Å²) in [6.07, 6.45) is 2.26. The number of phenols is 1. The van der Waals surface area contributed by atoms with Crippen LogP contribution < -0.4 is 10.6 Å². The molecule has 5 heteroatoms. The van der Waals surface area contributed by atoms with E-state index in [0.29, 0.717) is 13.0 Å². The van der Waals surface area contributed by atoms with E-state index in [-0.39, 0.29) is 17.6 Å². The molecule has 0 amide bonds. The maximum absolute atomic E-state index is 9.69. The largest absolute Gasteiger partial charge is 0.508 e. The van der Waals surface area contributed by atoms with Gasteiger partial charge in [-0.1, -0.05) is 6.07 Å². The lowest BCUT2D eigenvalue weighted by Gasteiger charge is -2.28. The van der Waals surface area contributed by atoms with Gasteiger partial charge in [0.2, 0.25) is 0 Å². The smallest absolute Gasteiger partial charge is 0.136 e. The van der Waals surface area contributed by atoms with E-state index >= 15 is 0 Å². The van der Waals surface area contributed by atoms with E-state index in [1.807, 2.05) is 12.1 Å². The Hall–Kier alpha value is -2.30. The number of fused-ring (bicyclic) bond motifs is 1. The minimum atomic E-state index is 0.165. The second-order valence-electron chi connectivity index (χ2n) is 5.10. The number of aromatic hydroxyl groups is 1. The van der Waals surface area contributed by atoms with Gasteiger partial charge in [-0.15, -0.1) is 0 Å². The maximum Gasteiger partial charge on any atom is 0.136 e. The van der Waals surface area contributed by atoms with Crippen LogP contribution in [0, 0.1) is 5.41 Å². The van der Waals surface area contributed by atoms with Gasteiger partial charge in [0.15, 0.2) is 0 Å². The highest BCUT2D eigenvalue weighted by Gasteiger charge is 2.15. The monoisotopic (exact) mass is 272 g/mol.